The van der Waals surface area contributed by atoms with Crippen molar-refractivity contribution in [1.29, 1.82) is 0 Å². The van der Waals surface area contributed by atoms with Gasteiger partial charge in [0.15, 0.2) is 5.76 Å². The lowest BCUT2D eigenvalue weighted by Crippen LogP contribution is -2.49. The summed E-state index contributed by atoms with van der Waals surface area (Å²) >= 11 is 0. The Morgan fingerprint density at radius 1 is 1.65 bits per heavy atom. The number of hydrogen-bond acceptors (Lipinski definition) is 3. The lowest BCUT2D eigenvalue weighted by Gasteiger charge is -2.36. The monoisotopic (exact) mass is 236 g/mol. The van der Waals surface area contributed by atoms with Gasteiger partial charge in [-0.25, -0.2) is 0 Å². The molecule has 1 aromatic rings. The normalized spacial score (nSPS) is 25.0. The summed E-state index contributed by atoms with van der Waals surface area (Å²) in [5.41, 5.74) is 6.94. The molecule has 1 aromatic heterocycles. The fourth-order valence-electron chi connectivity index (χ4n) is 2.40. The molecule has 1 amide bonds. The minimum absolute atomic E-state index is 0.00199. The molecule has 0 radical (unpaired) electrons. The number of hydrogen-bond donors (Lipinski definition) is 1. The van der Waals surface area contributed by atoms with Gasteiger partial charge in [0.2, 0.25) is 0 Å². The third kappa shape index (κ3) is 2.36. The highest BCUT2D eigenvalue weighted by Crippen LogP contribution is 2.21. The molecular weight excluding hydrogens is 216 g/mol. The summed E-state index contributed by atoms with van der Waals surface area (Å²) in [6, 6.07) is 2.04. The quantitative estimate of drug-likeness (QED) is 0.851. The summed E-state index contributed by atoms with van der Waals surface area (Å²) < 4.78 is 5.25. The van der Waals surface area contributed by atoms with Gasteiger partial charge in [0.25, 0.3) is 5.91 Å². The van der Waals surface area contributed by atoms with Gasteiger partial charge in [-0.3, -0.25) is 4.79 Å². The van der Waals surface area contributed by atoms with Crippen molar-refractivity contribution in [2.75, 3.05) is 13.1 Å². The molecule has 0 saturated carbocycles. The highest BCUT2D eigenvalue weighted by atomic mass is 16.3. The van der Waals surface area contributed by atoms with E-state index in [1.54, 1.807) is 6.26 Å². The van der Waals surface area contributed by atoms with Crippen molar-refractivity contribution in [2.45, 2.75) is 32.7 Å². The van der Waals surface area contributed by atoms with E-state index in [1.165, 1.54) is 0 Å². The van der Waals surface area contributed by atoms with Gasteiger partial charge in [0.1, 0.15) is 0 Å². The van der Waals surface area contributed by atoms with Crippen LogP contribution in [0.25, 0.3) is 0 Å². The van der Waals surface area contributed by atoms with Crippen LogP contribution >= 0.6 is 0 Å². The van der Waals surface area contributed by atoms with Crippen molar-refractivity contribution in [2.24, 2.45) is 11.7 Å². The SMILES string of the molecule is CCC1CN(C(=O)c2occc2C)CCC1N. The van der Waals surface area contributed by atoms with Gasteiger partial charge in [0, 0.05) is 24.7 Å². The van der Waals surface area contributed by atoms with Crippen molar-refractivity contribution in [3.8, 4) is 0 Å². The zero-order chi connectivity index (χ0) is 12.4. The first-order chi connectivity index (χ1) is 8.13. The fraction of sp³-hybridized carbons (Fsp3) is 0.615. The number of carbonyl (C=O) groups excluding carboxylic acids is 1. The predicted molar refractivity (Wildman–Crippen MR) is 65.7 cm³/mol. The first-order valence-corrected chi connectivity index (χ1v) is 6.22. The van der Waals surface area contributed by atoms with Crippen LogP contribution in [0.1, 0.15) is 35.9 Å². The topological polar surface area (TPSA) is 59.5 Å². The molecule has 1 aliphatic rings. The van der Waals surface area contributed by atoms with Crippen LogP contribution in [0.5, 0.6) is 0 Å². The second-order valence-corrected chi connectivity index (χ2v) is 4.80. The second-order valence-electron chi connectivity index (χ2n) is 4.80. The van der Waals surface area contributed by atoms with Gasteiger partial charge in [-0.05, 0) is 25.3 Å². The molecule has 1 saturated heterocycles. The van der Waals surface area contributed by atoms with Gasteiger partial charge >= 0.3 is 0 Å². The summed E-state index contributed by atoms with van der Waals surface area (Å²) in [4.78, 5) is 14.1. The Labute approximate surface area is 102 Å². The molecule has 2 atom stereocenters. The van der Waals surface area contributed by atoms with E-state index < -0.39 is 0 Å². The molecule has 0 aromatic carbocycles. The number of aryl methyl sites for hydroxylation is 1. The molecule has 0 spiro atoms. The number of nitrogens with zero attached hydrogens (tertiary/aromatic N) is 1. The number of piperidine rings is 1. The Morgan fingerprint density at radius 2 is 2.41 bits per heavy atom. The lowest BCUT2D eigenvalue weighted by molar-refractivity contribution is 0.0616. The molecule has 4 heteroatoms. The van der Waals surface area contributed by atoms with Crippen LogP contribution in [-0.2, 0) is 0 Å². The van der Waals surface area contributed by atoms with E-state index in [2.05, 4.69) is 6.92 Å². The largest absolute Gasteiger partial charge is 0.459 e. The van der Waals surface area contributed by atoms with Crippen LogP contribution < -0.4 is 5.73 Å². The molecule has 2 rings (SSSR count). The minimum Gasteiger partial charge on any atom is -0.459 e. The molecule has 0 bridgehead atoms. The van der Waals surface area contributed by atoms with Crippen LogP contribution in [0.3, 0.4) is 0 Å². The van der Waals surface area contributed by atoms with E-state index >= 15 is 0 Å². The van der Waals surface area contributed by atoms with Gasteiger partial charge in [0.05, 0.1) is 6.26 Å². The number of rotatable bonds is 2. The Morgan fingerprint density at radius 3 is 3.00 bits per heavy atom. The second kappa shape index (κ2) is 4.92. The third-order valence-corrected chi connectivity index (χ3v) is 3.66. The number of furan rings is 1. The maximum atomic E-state index is 12.2. The zero-order valence-electron chi connectivity index (χ0n) is 10.5. The summed E-state index contributed by atoms with van der Waals surface area (Å²) in [6.07, 6.45) is 3.46. The maximum absolute atomic E-state index is 12.2. The van der Waals surface area contributed by atoms with Crippen molar-refractivity contribution in [1.82, 2.24) is 4.90 Å². The van der Waals surface area contributed by atoms with Crippen LogP contribution in [0, 0.1) is 12.8 Å². The van der Waals surface area contributed by atoms with E-state index in [-0.39, 0.29) is 11.9 Å². The fourth-order valence-corrected chi connectivity index (χ4v) is 2.40. The van der Waals surface area contributed by atoms with Crippen LogP contribution in [0.2, 0.25) is 0 Å². The van der Waals surface area contributed by atoms with Crippen molar-refractivity contribution in [3.05, 3.63) is 23.7 Å². The Hall–Kier alpha value is -1.29. The van der Waals surface area contributed by atoms with Crippen LogP contribution in [-0.4, -0.2) is 29.9 Å². The Bertz CT molecular complexity index is 400. The number of amides is 1. The molecule has 1 aliphatic heterocycles. The molecule has 2 unspecified atom stereocenters. The summed E-state index contributed by atoms with van der Waals surface area (Å²) in [7, 11) is 0. The average Bonchev–Trinajstić information content (AvgIpc) is 2.75. The van der Waals surface area contributed by atoms with Gasteiger partial charge in [-0.15, -0.1) is 0 Å². The van der Waals surface area contributed by atoms with Gasteiger partial charge in [-0.2, -0.15) is 0 Å². The number of likely N-dealkylation sites (tertiary alicyclic amines) is 1. The molecule has 2 heterocycles. The molecule has 94 valence electrons. The number of carbonyl (C=O) groups is 1. The van der Waals surface area contributed by atoms with Crippen LogP contribution in [0.15, 0.2) is 16.7 Å². The van der Waals surface area contributed by atoms with E-state index in [4.69, 9.17) is 10.2 Å². The molecule has 2 N–H and O–H groups in total. The first-order valence-electron chi connectivity index (χ1n) is 6.22. The predicted octanol–water partition coefficient (Wildman–Crippen LogP) is 1.79. The first kappa shape index (κ1) is 12.2. The molecular formula is C13H20N2O2. The summed E-state index contributed by atoms with van der Waals surface area (Å²) in [5.74, 6) is 0.871. The molecule has 0 aliphatic carbocycles. The average molecular weight is 236 g/mol. The molecule has 1 fully saturated rings. The summed E-state index contributed by atoms with van der Waals surface area (Å²) in [6.45, 7) is 5.49. The highest BCUT2D eigenvalue weighted by molar-refractivity contribution is 5.92. The van der Waals surface area contributed by atoms with E-state index in [1.807, 2.05) is 17.9 Å². The van der Waals surface area contributed by atoms with Crippen molar-refractivity contribution in [3.63, 3.8) is 0 Å². The van der Waals surface area contributed by atoms with Crippen molar-refractivity contribution >= 4 is 5.91 Å². The van der Waals surface area contributed by atoms with Gasteiger partial charge < -0.3 is 15.1 Å². The third-order valence-electron chi connectivity index (χ3n) is 3.66. The van der Waals surface area contributed by atoms with E-state index in [0.717, 1.165) is 31.5 Å². The van der Waals surface area contributed by atoms with Gasteiger partial charge in [-0.1, -0.05) is 13.3 Å². The standard InChI is InChI=1S/C13H20N2O2/c1-3-10-8-15(6-4-11(10)14)13(16)12-9(2)5-7-17-12/h5,7,10-11H,3-4,6,8,14H2,1-2H3. The van der Waals surface area contributed by atoms with Crippen molar-refractivity contribution < 1.29 is 9.21 Å². The Balaban J connectivity index is 2.09. The Kier molecular flexibility index (Phi) is 3.52. The lowest BCUT2D eigenvalue weighted by atomic mass is 9.90. The van der Waals surface area contributed by atoms with Crippen LogP contribution in [0.4, 0.5) is 0 Å². The summed E-state index contributed by atoms with van der Waals surface area (Å²) in [5, 5.41) is 0. The minimum atomic E-state index is -0.00199. The van der Waals surface area contributed by atoms with E-state index in [0.29, 0.717) is 11.7 Å². The number of nitrogens with two attached hydrogens (primary N) is 1. The molecule has 4 nitrogen and oxygen atoms in total. The van der Waals surface area contributed by atoms with E-state index in [9.17, 15) is 4.79 Å². The molecule has 17 heavy (non-hydrogen) atoms. The maximum Gasteiger partial charge on any atom is 0.289 e. The highest BCUT2D eigenvalue weighted by Gasteiger charge is 2.30. The zero-order valence-corrected chi connectivity index (χ0v) is 10.5. The smallest absolute Gasteiger partial charge is 0.289 e.